The highest BCUT2D eigenvalue weighted by Gasteiger charge is 2.16. The standard InChI is InChI=1S/C62H38N2/c1-4-16-49-39(10-1)13-7-19-52(49)47-30-23-42-22-29-46-33-35-59(63-61(46)56(42)36-47)44-25-27-45(28-26-44)60-38-58(54-21-9-15-41-12-3-6-18-51(41)54)55-34-32-43-24-31-48(37-57(43)62(55)64-60)53-20-8-14-40-11-2-5-17-50(40)53/h1-38H. The third-order valence-electron chi connectivity index (χ3n) is 13.2. The van der Waals surface area contributed by atoms with E-state index < -0.39 is 0 Å². The van der Waals surface area contributed by atoms with E-state index in [1.807, 2.05) is 0 Å². The van der Waals surface area contributed by atoms with Gasteiger partial charge in [0.2, 0.25) is 0 Å². The Morgan fingerprint density at radius 1 is 0.203 bits per heavy atom. The first-order valence-electron chi connectivity index (χ1n) is 22.0. The molecule has 296 valence electrons. The average Bonchev–Trinajstić information content (AvgIpc) is 3.37. The Labute approximate surface area is 370 Å². The highest BCUT2D eigenvalue weighted by molar-refractivity contribution is 6.15. The lowest BCUT2D eigenvalue weighted by Crippen LogP contribution is -1.93. The normalized spacial score (nSPS) is 11.8. The second-order valence-corrected chi connectivity index (χ2v) is 16.9. The number of benzene rings is 11. The molecule has 0 saturated carbocycles. The molecule has 2 nitrogen and oxygen atoms in total. The molecule has 0 fully saturated rings. The van der Waals surface area contributed by atoms with Gasteiger partial charge >= 0.3 is 0 Å². The van der Waals surface area contributed by atoms with Gasteiger partial charge in [0, 0.05) is 32.7 Å². The molecule has 64 heavy (non-hydrogen) atoms. The fourth-order valence-corrected chi connectivity index (χ4v) is 10.0. The van der Waals surface area contributed by atoms with Gasteiger partial charge in [-0.3, -0.25) is 0 Å². The van der Waals surface area contributed by atoms with Crippen LogP contribution in [-0.2, 0) is 0 Å². The zero-order valence-corrected chi connectivity index (χ0v) is 34.8. The zero-order valence-electron chi connectivity index (χ0n) is 34.8. The maximum absolute atomic E-state index is 5.55. The van der Waals surface area contributed by atoms with Crippen LogP contribution in [0.5, 0.6) is 0 Å². The summed E-state index contributed by atoms with van der Waals surface area (Å²) in [6, 6.07) is 83.6. The molecule has 2 heterocycles. The van der Waals surface area contributed by atoms with Gasteiger partial charge in [-0.15, -0.1) is 0 Å². The Morgan fingerprint density at radius 2 is 0.609 bits per heavy atom. The van der Waals surface area contributed by atoms with Gasteiger partial charge in [-0.25, -0.2) is 9.97 Å². The third-order valence-corrected chi connectivity index (χ3v) is 13.2. The summed E-state index contributed by atoms with van der Waals surface area (Å²) < 4.78 is 0. The van der Waals surface area contributed by atoms with E-state index in [9.17, 15) is 0 Å². The Kier molecular flexibility index (Phi) is 8.25. The van der Waals surface area contributed by atoms with Crippen molar-refractivity contribution in [3.63, 3.8) is 0 Å². The van der Waals surface area contributed by atoms with Gasteiger partial charge in [0.05, 0.1) is 22.4 Å². The lowest BCUT2D eigenvalue weighted by atomic mass is 9.91. The van der Waals surface area contributed by atoms with E-state index in [1.54, 1.807) is 0 Å². The predicted molar refractivity (Wildman–Crippen MR) is 272 cm³/mol. The maximum Gasteiger partial charge on any atom is 0.0794 e. The summed E-state index contributed by atoms with van der Waals surface area (Å²) in [6.45, 7) is 0. The monoisotopic (exact) mass is 810 g/mol. The van der Waals surface area contributed by atoms with Crippen molar-refractivity contribution in [1.29, 1.82) is 0 Å². The lowest BCUT2D eigenvalue weighted by molar-refractivity contribution is 1.39. The number of aromatic nitrogens is 2. The molecular formula is C62H38N2. The summed E-state index contributed by atoms with van der Waals surface area (Å²) in [5.41, 5.74) is 13.2. The van der Waals surface area contributed by atoms with Crippen molar-refractivity contribution in [3.05, 3.63) is 231 Å². The van der Waals surface area contributed by atoms with E-state index in [0.29, 0.717) is 0 Å². The molecule has 2 aromatic heterocycles. The van der Waals surface area contributed by atoms with Crippen LogP contribution in [0.25, 0.3) is 132 Å². The van der Waals surface area contributed by atoms with Crippen LogP contribution < -0.4 is 0 Å². The minimum atomic E-state index is 0.934. The summed E-state index contributed by atoms with van der Waals surface area (Å²) in [5.74, 6) is 0. The molecule has 2 heteroatoms. The number of hydrogen-bond acceptors (Lipinski definition) is 2. The van der Waals surface area contributed by atoms with Gasteiger partial charge in [0.1, 0.15) is 0 Å². The minimum absolute atomic E-state index is 0.934. The van der Waals surface area contributed by atoms with E-state index in [-0.39, 0.29) is 0 Å². The molecule has 0 aliphatic rings. The van der Waals surface area contributed by atoms with Crippen molar-refractivity contribution >= 4 is 75.7 Å². The lowest BCUT2D eigenvalue weighted by Gasteiger charge is -2.15. The maximum atomic E-state index is 5.55. The summed E-state index contributed by atoms with van der Waals surface area (Å²) in [7, 11) is 0. The summed E-state index contributed by atoms with van der Waals surface area (Å²) >= 11 is 0. The molecule has 0 bridgehead atoms. The van der Waals surface area contributed by atoms with Crippen LogP contribution in [0.3, 0.4) is 0 Å². The van der Waals surface area contributed by atoms with Gasteiger partial charge < -0.3 is 0 Å². The molecule has 0 radical (unpaired) electrons. The van der Waals surface area contributed by atoms with Gasteiger partial charge in [-0.1, -0.05) is 206 Å². The van der Waals surface area contributed by atoms with Crippen molar-refractivity contribution in [2.24, 2.45) is 0 Å². The molecule has 0 saturated heterocycles. The minimum Gasteiger partial charge on any atom is -0.247 e. The van der Waals surface area contributed by atoms with Crippen molar-refractivity contribution in [1.82, 2.24) is 9.97 Å². The third kappa shape index (κ3) is 5.95. The molecular weight excluding hydrogens is 773 g/mol. The molecule has 0 N–H and O–H groups in total. The van der Waals surface area contributed by atoms with Crippen molar-refractivity contribution in [3.8, 4) is 55.9 Å². The molecule has 0 amide bonds. The fraction of sp³-hybridized carbons (Fsp3) is 0. The molecule has 0 unspecified atom stereocenters. The highest BCUT2D eigenvalue weighted by Crippen LogP contribution is 2.41. The van der Waals surface area contributed by atoms with Crippen LogP contribution in [0.4, 0.5) is 0 Å². The van der Waals surface area contributed by atoms with Crippen molar-refractivity contribution in [2.75, 3.05) is 0 Å². The number of rotatable bonds is 5. The van der Waals surface area contributed by atoms with Crippen LogP contribution in [0.15, 0.2) is 231 Å². The van der Waals surface area contributed by atoms with Gasteiger partial charge in [0.15, 0.2) is 0 Å². The Hall–Kier alpha value is -8.46. The number of fused-ring (bicyclic) bond motifs is 9. The van der Waals surface area contributed by atoms with Crippen LogP contribution in [0, 0.1) is 0 Å². The second-order valence-electron chi connectivity index (χ2n) is 16.9. The van der Waals surface area contributed by atoms with Crippen LogP contribution >= 0.6 is 0 Å². The first kappa shape index (κ1) is 36.2. The van der Waals surface area contributed by atoms with Gasteiger partial charge in [-0.05, 0) is 101 Å². The summed E-state index contributed by atoms with van der Waals surface area (Å²) in [6.07, 6.45) is 0. The second kappa shape index (κ2) is 14.6. The molecule has 0 atom stereocenters. The molecule has 11 aromatic carbocycles. The average molecular weight is 811 g/mol. The fourth-order valence-electron chi connectivity index (χ4n) is 10.0. The largest absolute Gasteiger partial charge is 0.247 e. The highest BCUT2D eigenvalue weighted by atomic mass is 14.7. The van der Waals surface area contributed by atoms with Crippen LogP contribution in [0.1, 0.15) is 0 Å². The van der Waals surface area contributed by atoms with E-state index in [2.05, 4.69) is 231 Å². The SMILES string of the molecule is c1ccc2c(-c3ccc4ccc5ccc(-c6ccc(-c7cc(-c8cccc9ccccc89)c8ccc9ccc(-c%10cccc%11ccccc%10%11)cc9c8n7)cc6)nc5c4c3)cccc2c1. The predicted octanol–water partition coefficient (Wildman–Crippen LogP) is 16.9. The first-order chi connectivity index (χ1) is 31.7. The van der Waals surface area contributed by atoms with Crippen LogP contribution in [-0.4, -0.2) is 9.97 Å². The van der Waals surface area contributed by atoms with Crippen molar-refractivity contribution < 1.29 is 0 Å². The van der Waals surface area contributed by atoms with Gasteiger partial charge in [0.25, 0.3) is 0 Å². The Bertz CT molecular complexity index is 4000. The number of hydrogen-bond donors (Lipinski definition) is 0. The summed E-state index contributed by atoms with van der Waals surface area (Å²) in [4.78, 5) is 10.9. The topological polar surface area (TPSA) is 25.8 Å². The number of nitrogens with zero attached hydrogens (tertiary/aromatic N) is 2. The Balaban J connectivity index is 0.957. The van der Waals surface area contributed by atoms with E-state index in [1.165, 1.54) is 76.5 Å². The van der Waals surface area contributed by atoms with E-state index >= 15 is 0 Å². The summed E-state index contributed by atoms with van der Waals surface area (Å²) in [5, 5.41) is 14.3. The quantitative estimate of drug-likeness (QED) is 0.162. The smallest absolute Gasteiger partial charge is 0.0794 e. The van der Waals surface area contributed by atoms with E-state index in [0.717, 1.165) is 55.1 Å². The number of pyridine rings is 2. The molecule has 0 aliphatic heterocycles. The van der Waals surface area contributed by atoms with Crippen LogP contribution in [0.2, 0.25) is 0 Å². The molecule has 13 rings (SSSR count). The Morgan fingerprint density at radius 3 is 1.22 bits per heavy atom. The molecule has 0 aliphatic carbocycles. The van der Waals surface area contributed by atoms with Gasteiger partial charge in [-0.2, -0.15) is 0 Å². The first-order valence-corrected chi connectivity index (χ1v) is 22.0. The van der Waals surface area contributed by atoms with E-state index in [4.69, 9.17) is 9.97 Å². The molecule has 0 spiro atoms. The molecule has 13 aromatic rings. The zero-order chi connectivity index (χ0) is 42.1. The van der Waals surface area contributed by atoms with Crippen molar-refractivity contribution in [2.45, 2.75) is 0 Å².